The summed E-state index contributed by atoms with van der Waals surface area (Å²) in [5, 5.41) is 11.5. The Morgan fingerprint density at radius 3 is 2.21 bits per heavy atom. The SMILES string of the molecule is CC(CCC(=O)N(C)CCCCC(=O)O)NC(=O)OCC1c2ccccc2-c2ccccc21. The summed E-state index contributed by atoms with van der Waals surface area (Å²) >= 11 is 0. The predicted molar refractivity (Wildman–Crippen MR) is 126 cm³/mol. The Labute approximate surface area is 194 Å². The van der Waals surface area contributed by atoms with Gasteiger partial charge in [0.25, 0.3) is 0 Å². The summed E-state index contributed by atoms with van der Waals surface area (Å²) in [6.45, 7) is 2.63. The molecule has 0 heterocycles. The second kappa shape index (κ2) is 11.5. The number of carboxylic acid groups (broad SMARTS) is 1. The normalized spacial score (nSPS) is 13.0. The number of nitrogens with one attached hydrogen (secondary N) is 1. The second-order valence-corrected chi connectivity index (χ2v) is 8.58. The average molecular weight is 453 g/mol. The van der Waals surface area contributed by atoms with Gasteiger partial charge in [-0.2, -0.15) is 0 Å². The predicted octanol–water partition coefficient (Wildman–Crippen LogP) is 4.41. The smallest absolute Gasteiger partial charge is 0.407 e. The fourth-order valence-corrected chi connectivity index (χ4v) is 4.19. The zero-order valence-electron chi connectivity index (χ0n) is 19.3. The Kier molecular flexibility index (Phi) is 8.46. The molecule has 176 valence electrons. The molecule has 2 amide bonds. The van der Waals surface area contributed by atoms with Gasteiger partial charge in [-0.15, -0.1) is 0 Å². The Bertz CT molecular complexity index is 945. The second-order valence-electron chi connectivity index (χ2n) is 8.58. The number of nitrogens with zero attached hydrogens (tertiary/aromatic N) is 1. The van der Waals surface area contributed by atoms with Gasteiger partial charge in [0.1, 0.15) is 6.61 Å². The largest absolute Gasteiger partial charge is 0.481 e. The van der Waals surface area contributed by atoms with Gasteiger partial charge in [-0.3, -0.25) is 9.59 Å². The first kappa shape index (κ1) is 24.3. The van der Waals surface area contributed by atoms with Crippen molar-refractivity contribution in [2.24, 2.45) is 0 Å². The standard InChI is InChI=1S/C26H32N2O5/c1-18(14-15-24(29)28(2)16-8-7-13-25(30)31)27-26(32)33-17-23-21-11-5-3-9-19(21)20-10-4-6-12-22(20)23/h3-6,9-12,18,23H,7-8,13-17H2,1-2H3,(H,27,32)(H,30,31). The minimum atomic E-state index is -0.822. The van der Waals surface area contributed by atoms with Crippen molar-refractivity contribution >= 4 is 18.0 Å². The van der Waals surface area contributed by atoms with E-state index in [2.05, 4.69) is 29.6 Å². The molecule has 0 radical (unpaired) electrons. The highest BCUT2D eigenvalue weighted by molar-refractivity contribution is 5.79. The van der Waals surface area contributed by atoms with Gasteiger partial charge < -0.3 is 20.1 Å². The van der Waals surface area contributed by atoms with Crippen LogP contribution >= 0.6 is 0 Å². The molecule has 7 nitrogen and oxygen atoms in total. The number of rotatable bonds is 11. The number of hydrogen-bond acceptors (Lipinski definition) is 4. The van der Waals surface area contributed by atoms with E-state index in [1.165, 1.54) is 11.1 Å². The van der Waals surface area contributed by atoms with Gasteiger partial charge in [-0.05, 0) is 48.4 Å². The van der Waals surface area contributed by atoms with E-state index < -0.39 is 12.1 Å². The Hall–Kier alpha value is -3.35. The van der Waals surface area contributed by atoms with Crippen LogP contribution in [0.4, 0.5) is 4.79 Å². The van der Waals surface area contributed by atoms with E-state index in [1.807, 2.05) is 31.2 Å². The van der Waals surface area contributed by atoms with Crippen molar-refractivity contribution in [1.29, 1.82) is 0 Å². The zero-order valence-corrected chi connectivity index (χ0v) is 19.3. The highest BCUT2D eigenvalue weighted by Crippen LogP contribution is 2.44. The molecular weight excluding hydrogens is 420 g/mol. The summed E-state index contributed by atoms with van der Waals surface area (Å²) < 4.78 is 5.56. The maximum atomic E-state index is 12.4. The first-order valence-electron chi connectivity index (χ1n) is 11.4. The van der Waals surface area contributed by atoms with E-state index in [9.17, 15) is 14.4 Å². The summed E-state index contributed by atoms with van der Waals surface area (Å²) in [4.78, 5) is 36.8. The Morgan fingerprint density at radius 2 is 1.61 bits per heavy atom. The van der Waals surface area contributed by atoms with Gasteiger partial charge in [0.2, 0.25) is 5.91 Å². The molecule has 0 spiro atoms. The molecule has 2 aromatic carbocycles. The topological polar surface area (TPSA) is 95.9 Å². The lowest BCUT2D eigenvalue weighted by Gasteiger charge is -2.19. The molecular formula is C26H32N2O5. The number of carbonyl (C=O) groups is 3. The number of aliphatic carboxylic acids is 1. The van der Waals surface area contributed by atoms with E-state index in [1.54, 1.807) is 11.9 Å². The molecule has 1 aliphatic carbocycles. The highest BCUT2D eigenvalue weighted by atomic mass is 16.5. The van der Waals surface area contributed by atoms with Gasteiger partial charge in [0.05, 0.1) is 0 Å². The van der Waals surface area contributed by atoms with Crippen LogP contribution in [0.15, 0.2) is 48.5 Å². The molecule has 0 aromatic heterocycles. The maximum Gasteiger partial charge on any atom is 0.407 e. The number of hydrogen-bond donors (Lipinski definition) is 2. The van der Waals surface area contributed by atoms with E-state index >= 15 is 0 Å². The summed E-state index contributed by atoms with van der Waals surface area (Å²) in [7, 11) is 1.72. The molecule has 0 saturated carbocycles. The maximum absolute atomic E-state index is 12.4. The van der Waals surface area contributed by atoms with E-state index in [4.69, 9.17) is 9.84 Å². The van der Waals surface area contributed by atoms with Crippen LogP contribution in [-0.4, -0.2) is 54.2 Å². The van der Waals surface area contributed by atoms with Crippen LogP contribution in [-0.2, 0) is 14.3 Å². The first-order chi connectivity index (χ1) is 15.9. The van der Waals surface area contributed by atoms with Crippen LogP contribution in [0.3, 0.4) is 0 Å². The van der Waals surface area contributed by atoms with Crippen molar-refractivity contribution in [3.63, 3.8) is 0 Å². The van der Waals surface area contributed by atoms with E-state index in [0.29, 0.717) is 32.2 Å². The quantitative estimate of drug-likeness (QED) is 0.493. The van der Waals surface area contributed by atoms with Crippen molar-refractivity contribution < 1.29 is 24.2 Å². The summed E-state index contributed by atoms with van der Waals surface area (Å²) in [6, 6.07) is 16.2. The molecule has 1 atom stereocenters. The molecule has 0 bridgehead atoms. The monoisotopic (exact) mass is 452 g/mol. The molecule has 2 N–H and O–H groups in total. The lowest BCUT2D eigenvalue weighted by Crippen LogP contribution is -2.35. The molecule has 2 aromatic rings. The van der Waals surface area contributed by atoms with Gasteiger partial charge in [0, 0.05) is 38.4 Å². The summed E-state index contributed by atoms with van der Waals surface area (Å²) in [6.07, 6.45) is 1.64. The highest BCUT2D eigenvalue weighted by Gasteiger charge is 2.29. The van der Waals surface area contributed by atoms with Crippen molar-refractivity contribution in [2.45, 2.75) is 51.0 Å². The lowest BCUT2D eigenvalue weighted by molar-refractivity contribution is -0.137. The number of carboxylic acids is 1. The van der Waals surface area contributed by atoms with Crippen molar-refractivity contribution in [3.8, 4) is 11.1 Å². The minimum Gasteiger partial charge on any atom is -0.481 e. The molecule has 33 heavy (non-hydrogen) atoms. The summed E-state index contributed by atoms with van der Waals surface area (Å²) in [5.74, 6) is -0.835. The number of unbranched alkanes of at least 4 members (excludes halogenated alkanes) is 1. The fraction of sp³-hybridized carbons (Fsp3) is 0.423. The third-order valence-electron chi connectivity index (χ3n) is 6.06. The number of carbonyl (C=O) groups excluding carboxylic acids is 2. The van der Waals surface area contributed by atoms with Crippen molar-refractivity contribution in [3.05, 3.63) is 59.7 Å². The molecule has 1 unspecified atom stereocenters. The third kappa shape index (κ3) is 6.57. The van der Waals surface area contributed by atoms with Crippen molar-refractivity contribution in [2.75, 3.05) is 20.2 Å². The van der Waals surface area contributed by atoms with Crippen molar-refractivity contribution in [1.82, 2.24) is 10.2 Å². The zero-order chi connectivity index (χ0) is 23.8. The fourth-order valence-electron chi connectivity index (χ4n) is 4.19. The van der Waals surface area contributed by atoms with Crippen LogP contribution in [0, 0.1) is 0 Å². The number of ether oxygens (including phenoxy) is 1. The molecule has 0 fully saturated rings. The Morgan fingerprint density at radius 1 is 1.00 bits per heavy atom. The van der Waals surface area contributed by atoms with Crippen LogP contribution in [0.2, 0.25) is 0 Å². The Balaban J connectivity index is 1.41. The first-order valence-corrected chi connectivity index (χ1v) is 11.4. The van der Waals surface area contributed by atoms with Gasteiger partial charge in [-0.25, -0.2) is 4.79 Å². The number of alkyl carbamates (subject to hydrolysis) is 1. The van der Waals surface area contributed by atoms with Crippen LogP contribution < -0.4 is 5.32 Å². The van der Waals surface area contributed by atoms with Gasteiger partial charge >= 0.3 is 12.1 Å². The number of amides is 2. The molecule has 1 aliphatic rings. The third-order valence-corrected chi connectivity index (χ3v) is 6.06. The molecule has 0 aliphatic heterocycles. The molecule has 0 saturated heterocycles. The van der Waals surface area contributed by atoms with Crippen LogP contribution in [0.1, 0.15) is 56.1 Å². The summed E-state index contributed by atoms with van der Waals surface area (Å²) in [5.41, 5.74) is 4.69. The van der Waals surface area contributed by atoms with Crippen LogP contribution in [0.25, 0.3) is 11.1 Å². The lowest BCUT2D eigenvalue weighted by atomic mass is 9.98. The van der Waals surface area contributed by atoms with E-state index in [0.717, 1.165) is 11.1 Å². The molecule has 7 heteroatoms. The number of fused-ring (bicyclic) bond motifs is 3. The van der Waals surface area contributed by atoms with Gasteiger partial charge in [0.15, 0.2) is 0 Å². The average Bonchev–Trinajstić information content (AvgIpc) is 3.12. The number of benzene rings is 2. The molecule has 3 rings (SSSR count). The minimum absolute atomic E-state index is 0.00908. The van der Waals surface area contributed by atoms with E-state index in [-0.39, 0.29) is 30.9 Å². The van der Waals surface area contributed by atoms with Crippen LogP contribution in [0.5, 0.6) is 0 Å². The van der Waals surface area contributed by atoms with Gasteiger partial charge in [-0.1, -0.05) is 48.5 Å².